The van der Waals surface area contributed by atoms with Crippen LogP contribution >= 0.6 is 11.6 Å². The predicted molar refractivity (Wildman–Crippen MR) is 134 cm³/mol. The van der Waals surface area contributed by atoms with Crippen molar-refractivity contribution in [2.75, 3.05) is 25.1 Å². The van der Waals surface area contributed by atoms with Crippen molar-refractivity contribution in [1.29, 1.82) is 0 Å². The Labute approximate surface area is 213 Å². The second-order valence-corrected chi connectivity index (χ2v) is 9.46. The second-order valence-electron chi connectivity index (χ2n) is 9.06. The van der Waals surface area contributed by atoms with E-state index in [4.69, 9.17) is 22.1 Å². The maximum atomic E-state index is 14.2. The maximum absolute atomic E-state index is 14.2. The normalized spacial score (nSPS) is 18.8. The molecule has 192 valence electrons. The van der Waals surface area contributed by atoms with E-state index in [1.165, 1.54) is 18.3 Å². The largest absolute Gasteiger partial charge is 0.378 e. The first kappa shape index (κ1) is 26.0. The van der Waals surface area contributed by atoms with Crippen LogP contribution in [0.5, 0.6) is 0 Å². The molecule has 0 spiro atoms. The van der Waals surface area contributed by atoms with Crippen LogP contribution in [0, 0.1) is 5.82 Å². The molecule has 11 heteroatoms. The minimum atomic E-state index is -1.17. The van der Waals surface area contributed by atoms with Gasteiger partial charge in [-0.25, -0.2) is 18.7 Å². The fraction of sp³-hybridized carbons (Fsp3) is 0.400. The van der Waals surface area contributed by atoms with Crippen LogP contribution in [-0.2, 0) is 4.74 Å². The summed E-state index contributed by atoms with van der Waals surface area (Å²) in [5.41, 5.74) is 8.50. The van der Waals surface area contributed by atoms with Crippen molar-refractivity contribution in [2.45, 2.75) is 44.4 Å². The molecule has 1 amide bonds. The van der Waals surface area contributed by atoms with Gasteiger partial charge in [-0.2, -0.15) is 0 Å². The predicted octanol–water partition coefficient (Wildman–Crippen LogP) is 4.36. The molecule has 3 atom stereocenters. The summed E-state index contributed by atoms with van der Waals surface area (Å²) in [6.07, 6.45) is 2.33. The Balaban J connectivity index is 1.50. The number of nitrogens with zero attached hydrogens (tertiary/aromatic N) is 2. The zero-order chi connectivity index (χ0) is 25.8. The van der Waals surface area contributed by atoms with E-state index >= 15 is 0 Å². The van der Waals surface area contributed by atoms with Gasteiger partial charge in [-0.15, -0.1) is 0 Å². The molecule has 0 aliphatic carbocycles. The number of nitrogens with two attached hydrogens (primary N) is 1. The third kappa shape index (κ3) is 6.00. The van der Waals surface area contributed by atoms with E-state index in [0.29, 0.717) is 29.8 Å². The van der Waals surface area contributed by atoms with E-state index in [1.54, 1.807) is 12.3 Å². The number of nitrogens with one attached hydrogen (secondary N) is 3. The van der Waals surface area contributed by atoms with Gasteiger partial charge in [-0.3, -0.25) is 4.79 Å². The highest BCUT2D eigenvalue weighted by Crippen LogP contribution is 2.28. The zero-order valence-electron chi connectivity index (χ0n) is 20.0. The molecule has 4 rings (SSSR count). The summed E-state index contributed by atoms with van der Waals surface area (Å²) in [4.78, 5) is 24.5. The van der Waals surface area contributed by atoms with Crippen molar-refractivity contribution in [3.05, 3.63) is 64.3 Å². The fourth-order valence-electron chi connectivity index (χ4n) is 4.02. The SMILES string of the molecule is CC(C)c1cc(F)cc([C@@H](CN)NC(=O)c2cc(-c3nc(N[C@@H]4CCOC[C@@H]4F)ncc3Cl)c[nH]2)c1. The van der Waals surface area contributed by atoms with Crippen molar-refractivity contribution < 1.29 is 18.3 Å². The van der Waals surface area contributed by atoms with Crippen LogP contribution in [0.1, 0.15) is 53.8 Å². The number of anilines is 1. The van der Waals surface area contributed by atoms with E-state index in [9.17, 15) is 13.6 Å². The first-order valence-electron chi connectivity index (χ1n) is 11.8. The van der Waals surface area contributed by atoms with Crippen LogP contribution in [0.25, 0.3) is 11.3 Å². The minimum Gasteiger partial charge on any atom is -0.378 e. The number of H-pyrrole nitrogens is 1. The molecule has 8 nitrogen and oxygen atoms in total. The lowest BCUT2D eigenvalue weighted by molar-refractivity contribution is 0.0284. The van der Waals surface area contributed by atoms with Gasteiger partial charge in [0.2, 0.25) is 5.95 Å². The van der Waals surface area contributed by atoms with Gasteiger partial charge in [0.15, 0.2) is 0 Å². The third-order valence-electron chi connectivity index (χ3n) is 6.10. The van der Waals surface area contributed by atoms with Gasteiger partial charge in [-0.05, 0) is 41.7 Å². The van der Waals surface area contributed by atoms with Gasteiger partial charge in [0.1, 0.15) is 17.7 Å². The van der Waals surface area contributed by atoms with Gasteiger partial charge < -0.3 is 26.1 Å². The van der Waals surface area contributed by atoms with Crippen LogP contribution in [0.3, 0.4) is 0 Å². The minimum absolute atomic E-state index is 0.0204. The summed E-state index contributed by atoms with van der Waals surface area (Å²) in [5, 5.41) is 6.12. The molecular weight excluding hydrogens is 490 g/mol. The number of hydrogen-bond donors (Lipinski definition) is 4. The number of benzene rings is 1. The van der Waals surface area contributed by atoms with E-state index in [-0.39, 0.29) is 41.6 Å². The first-order valence-corrected chi connectivity index (χ1v) is 12.1. The molecule has 1 saturated heterocycles. The Morgan fingerprint density at radius 1 is 1.31 bits per heavy atom. The quantitative estimate of drug-likeness (QED) is 0.352. The molecule has 0 unspecified atom stereocenters. The number of hydrogen-bond acceptors (Lipinski definition) is 6. The van der Waals surface area contributed by atoms with Crippen molar-refractivity contribution in [3.63, 3.8) is 0 Å². The monoisotopic (exact) mass is 518 g/mol. The highest BCUT2D eigenvalue weighted by molar-refractivity contribution is 6.32. The summed E-state index contributed by atoms with van der Waals surface area (Å²) < 4.78 is 33.4. The van der Waals surface area contributed by atoms with Gasteiger partial charge in [0, 0.05) is 24.9 Å². The van der Waals surface area contributed by atoms with Gasteiger partial charge >= 0.3 is 0 Å². The number of aromatic amines is 1. The highest BCUT2D eigenvalue weighted by Gasteiger charge is 2.26. The lowest BCUT2D eigenvalue weighted by atomic mass is 9.97. The number of carbonyl (C=O) groups excluding carboxylic acids is 1. The van der Waals surface area contributed by atoms with Gasteiger partial charge in [0.25, 0.3) is 5.91 Å². The Morgan fingerprint density at radius 2 is 2.08 bits per heavy atom. The van der Waals surface area contributed by atoms with Crippen molar-refractivity contribution in [3.8, 4) is 11.3 Å². The zero-order valence-corrected chi connectivity index (χ0v) is 20.8. The third-order valence-corrected chi connectivity index (χ3v) is 6.38. The fourth-order valence-corrected chi connectivity index (χ4v) is 4.22. The molecule has 36 heavy (non-hydrogen) atoms. The topological polar surface area (TPSA) is 118 Å². The van der Waals surface area contributed by atoms with Gasteiger partial charge in [-0.1, -0.05) is 31.5 Å². The molecule has 5 N–H and O–H groups in total. The standard InChI is InChI=1S/C25H29ClF2N6O2/c1-13(2)14-5-15(7-17(27)6-14)22(9-29)32-24(35)21-8-16(10-30-21)23-18(26)11-31-25(34-23)33-20-3-4-36-12-19(20)28/h5-8,10-11,13,19-20,22,30H,3-4,9,12,29H2,1-2H3,(H,32,35)(H,31,33,34)/t19-,20+,22+/m0/s1. The first-order chi connectivity index (χ1) is 17.2. The molecule has 2 aromatic heterocycles. The highest BCUT2D eigenvalue weighted by atomic mass is 35.5. The summed E-state index contributed by atoms with van der Waals surface area (Å²) in [5.74, 6) is -0.447. The molecule has 3 heterocycles. The summed E-state index contributed by atoms with van der Waals surface area (Å²) in [6.45, 7) is 4.50. The Hall–Kier alpha value is -3.08. The molecule has 1 fully saturated rings. The summed E-state index contributed by atoms with van der Waals surface area (Å²) in [7, 11) is 0. The van der Waals surface area contributed by atoms with E-state index in [0.717, 1.165) is 5.56 Å². The number of amides is 1. The second kappa shape index (κ2) is 11.3. The van der Waals surface area contributed by atoms with E-state index in [1.807, 2.05) is 19.9 Å². The molecule has 1 aromatic carbocycles. The molecule has 0 radical (unpaired) electrons. The van der Waals surface area contributed by atoms with Crippen LogP contribution in [0.15, 0.2) is 36.7 Å². The van der Waals surface area contributed by atoms with E-state index < -0.39 is 24.2 Å². The molecule has 0 bridgehead atoms. The van der Waals surface area contributed by atoms with Crippen LogP contribution in [0.4, 0.5) is 14.7 Å². The number of aromatic nitrogens is 3. The Morgan fingerprint density at radius 3 is 2.81 bits per heavy atom. The molecule has 1 aliphatic rings. The lowest BCUT2D eigenvalue weighted by Crippen LogP contribution is -2.39. The van der Waals surface area contributed by atoms with Crippen LogP contribution in [-0.4, -0.2) is 52.8 Å². The number of carbonyl (C=O) groups is 1. The summed E-state index contributed by atoms with van der Waals surface area (Å²) >= 11 is 6.32. The summed E-state index contributed by atoms with van der Waals surface area (Å²) in [6, 6.07) is 5.25. The molecule has 0 saturated carbocycles. The average Bonchev–Trinajstić information content (AvgIpc) is 3.35. The van der Waals surface area contributed by atoms with Crippen LogP contribution < -0.4 is 16.4 Å². The maximum Gasteiger partial charge on any atom is 0.268 e. The van der Waals surface area contributed by atoms with Crippen molar-refractivity contribution >= 4 is 23.5 Å². The smallest absolute Gasteiger partial charge is 0.268 e. The Bertz CT molecular complexity index is 1220. The number of halogens is 3. The molecular formula is C25H29ClF2N6O2. The number of ether oxygens (including phenoxy) is 1. The molecule has 3 aromatic rings. The van der Waals surface area contributed by atoms with Crippen LogP contribution in [0.2, 0.25) is 5.02 Å². The van der Waals surface area contributed by atoms with Crippen molar-refractivity contribution in [1.82, 2.24) is 20.3 Å². The van der Waals surface area contributed by atoms with E-state index in [2.05, 4.69) is 25.6 Å². The number of alkyl halides is 1. The Kier molecular flexibility index (Phi) is 8.17. The lowest BCUT2D eigenvalue weighted by Gasteiger charge is -2.26. The van der Waals surface area contributed by atoms with Gasteiger partial charge in [0.05, 0.1) is 35.6 Å². The average molecular weight is 519 g/mol. The van der Waals surface area contributed by atoms with Crippen molar-refractivity contribution in [2.24, 2.45) is 5.73 Å². The number of rotatable bonds is 8. The molecule has 1 aliphatic heterocycles.